The molecule has 0 amide bonds. The number of hydrogen-bond donors (Lipinski definition) is 1. The average molecular weight is 312 g/mol. The zero-order chi connectivity index (χ0) is 13.1. The highest BCUT2D eigenvalue weighted by atomic mass is 79.9. The largest absolute Gasteiger partial charge is 0.378 e. The van der Waals surface area contributed by atoms with E-state index in [1.165, 1.54) is 12.1 Å². The third kappa shape index (κ3) is 2.88. The van der Waals surface area contributed by atoms with E-state index in [1.807, 2.05) is 13.0 Å². The minimum Gasteiger partial charge on any atom is -0.378 e. The summed E-state index contributed by atoms with van der Waals surface area (Å²) in [5, 5.41) is 2.93. The lowest BCUT2D eigenvalue weighted by Gasteiger charge is -2.11. The molecule has 18 heavy (non-hydrogen) atoms. The second kappa shape index (κ2) is 5.48. The molecule has 2 aromatic rings. The predicted octanol–water partition coefficient (Wildman–Crippen LogP) is 4.65. The molecule has 0 saturated carbocycles. The summed E-state index contributed by atoms with van der Waals surface area (Å²) in [5.74, 6) is -0.640. The van der Waals surface area contributed by atoms with Crippen molar-refractivity contribution in [2.45, 2.75) is 13.5 Å². The topological polar surface area (TPSA) is 12.0 Å². The molecule has 0 fully saturated rings. The van der Waals surface area contributed by atoms with Crippen LogP contribution in [0.1, 0.15) is 11.1 Å². The van der Waals surface area contributed by atoms with Crippen LogP contribution in [0.3, 0.4) is 0 Å². The van der Waals surface area contributed by atoms with E-state index in [1.54, 1.807) is 18.2 Å². The lowest BCUT2D eigenvalue weighted by Crippen LogP contribution is -2.05. The maximum absolute atomic E-state index is 13.6. The summed E-state index contributed by atoms with van der Waals surface area (Å²) in [6, 6.07) is 9.66. The molecule has 0 atom stereocenters. The number of halogens is 3. The molecule has 0 heterocycles. The molecule has 0 saturated heterocycles. The van der Waals surface area contributed by atoms with Crippen molar-refractivity contribution in [3.63, 3.8) is 0 Å². The van der Waals surface area contributed by atoms with Gasteiger partial charge in [0.25, 0.3) is 0 Å². The number of anilines is 1. The lowest BCUT2D eigenvalue weighted by atomic mass is 10.1. The Bertz CT molecular complexity index is 549. The summed E-state index contributed by atoms with van der Waals surface area (Å²) in [6.45, 7) is 2.06. The molecule has 0 bridgehead atoms. The molecular formula is C14H12BrF2N. The van der Waals surface area contributed by atoms with Crippen LogP contribution in [-0.4, -0.2) is 0 Å². The lowest BCUT2D eigenvalue weighted by molar-refractivity contribution is 0.609. The van der Waals surface area contributed by atoms with Crippen molar-refractivity contribution in [3.8, 4) is 0 Å². The van der Waals surface area contributed by atoms with E-state index in [2.05, 4.69) is 21.2 Å². The number of aryl methyl sites for hydroxylation is 1. The molecule has 2 aromatic carbocycles. The molecule has 0 aliphatic heterocycles. The van der Waals surface area contributed by atoms with Gasteiger partial charge in [0.1, 0.15) is 11.6 Å². The average Bonchev–Trinajstić information content (AvgIpc) is 2.31. The van der Waals surface area contributed by atoms with E-state index in [0.717, 1.165) is 5.56 Å². The van der Waals surface area contributed by atoms with Crippen LogP contribution in [-0.2, 0) is 6.54 Å². The van der Waals surface area contributed by atoms with Gasteiger partial charge in [0, 0.05) is 16.6 Å². The highest BCUT2D eigenvalue weighted by molar-refractivity contribution is 9.10. The SMILES string of the molecule is Cc1cccc(F)c1NCc1ccc(Br)cc1F. The van der Waals surface area contributed by atoms with Crippen molar-refractivity contribution in [1.29, 1.82) is 0 Å². The third-order valence-electron chi connectivity index (χ3n) is 2.69. The molecular weight excluding hydrogens is 300 g/mol. The van der Waals surface area contributed by atoms with Crippen LogP contribution in [0, 0.1) is 18.6 Å². The van der Waals surface area contributed by atoms with Crippen molar-refractivity contribution >= 4 is 21.6 Å². The predicted molar refractivity (Wildman–Crippen MR) is 72.6 cm³/mol. The van der Waals surface area contributed by atoms with Crippen LogP contribution in [0.5, 0.6) is 0 Å². The van der Waals surface area contributed by atoms with Crippen LogP contribution in [0.25, 0.3) is 0 Å². The van der Waals surface area contributed by atoms with Crippen LogP contribution >= 0.6 is 15.9 Å². The fraction of sp³-hybridized carbons (Fsp3) is 0.143. The smallest absolute Gasteiger partial charge is 0.146 e. The first-order chi connectivity index (χ1) is 8.58. The zero-order valence-corrected chi connectivity index (χ0v) is 11.4. The highest BCUT2D eigenvalue weighted by Gasteiger charge is 2.07. The van der Waals surface area contributed by atoms with Gasteiger partial charge in [0.05, 0.1) is 5.69 Å². The van der Waals surface area contributed by atoms with Gasteiger partial charge in [-0.1, -0.05) is 34.1 Å². The Balaban J connectivity index is 2.16. The number of hydrogen-bond acceptors (Lipinski definition) is 1. The van der Waals surface area contributed by atoms with E-state index in [9.17, 15) is 8.78 Å². The van der Waals surface area contributed by atoms with E-state index < -0.39 is 0 Å². The summed E-state index contributed by atoms with van der Waals surface area (Å²) >= 11 is 3.20. The molecule has 94 valence electrons. The first-order valence-corrected chi connectivity index (χ1v) is 6.30. The van der Waals surface area contributed by atoms with Crippen LogP contribution in [0.15, 0.2) is 40.9 Å². The summed E-state index contributed by atoms with van der Waals surface area (Å²) in [4.78, 5) is 0. The van der Waals surface area contributed by atoms with Crippen molar-refractivity contribution in [1.82, 2.24) is 0 Å². The first kappa shape index (κ1) is 13.0. The van der Waals surface area contributed by atoms with Gasteiger partial charge in [-0.3, -0.25) is 0 Å². The maximum atomic E-state index is 13.6. The molecule has 0 radical (unpaired) electrons. The molecule has 0 unspecified atom stereocenters. The fourth-order valence-electron chi connectivity index (χ4n) is 1.70. The van der Waals surface area contributed by atoms with Crippen LogP contribution in [0.4, 0.5) is 14.5 Å². The molecule has 0 aliphatic carbocycles. The van der Waals surface area contributed by atoms with Gasteiger partial charge in [0.2, 0.25) is 0 Å². The second-order valence-corrected chi connectivity index (χ2v) is 4.94. The standard InChI is InChI=1S/C14H12BrF2N/c1-9-3-2-4-12(16)14(9)18-8-10-5-6-11(15)7-13(10)17/h2-7,18H,8H2,1H3. The number of para-hydroxylation sites is 1. The highest BCUT2D eigenvalue weighted by Crippen LogP contribution is 2.21. The van der Waals surface area contributed by atoms with Gasteiger partial charge in [-0.25, -0.2) is 8.78 Å². The van der Waals surface area contributed by atoms with Crippen LogP contribution < -0.4 is 5.32 Å². The molecule has 0 aromatic heterocycles. The van der Waals surface area contributed by atoms with E-state index in [-0.39, 0.29) is 18.2 Å². The van der Waals surface area contributed by atoms with Gasteiger partial charge in [0.15, 0.2) is 0 Å². The number of rotatable bonds is 3. The third-order valence-corrected chi connectivity index (χ3v) is 3.19. The number of nitrogens with one attached hydrogen (secondary N) is 1. The summed E-state index contributed by atoms with van der Waals surface area (Å²) in [6.07, 6.45) is 0. The van der Waals surface area contributed by atoms with Gasteiger partial charge < -0.3 is 5.32 Å². The Hall–Kier alpha value is -1.42. The van der Waals surface area contributed by atoms with Gasteiger partial charge in [-0.05, 0) is 30.7 Å². The quantitative estimate of drug-likeness (QED) is 0.870. The molecule has 4 heteroatoms. The van der Waals surface area contributed by atoms with Crippen LogP contribution in [0.2, 0.25) is 0 Å². The first-order valence-electron chi connectivity index (χ1n) is 5.51. The Morgan fingerprint density at radius 3 is 2.56 bits per heavy atom. The van der Waals surface area contributed by atoms with Gasteiger partial charge >= 0.3 is 0 Å². The van der Waals surface area contributed by atoms with Crippen molar-refractivity contribution in [3.05, 3.63) is 63.6 Å². The molecule has 0 aliphatic rings. The monoisotopic (exact) mass is 311 g/mol. The van der Waals surface area contributed by atoms with Crippen molar-refractivity contribution in [2.75, 3.05) is 5.32 Å². The maximum Gasteiger partial charge on any atom is 0.146 e. The van der Waals surface area contributed by atoms with Crippen molar-refractivity contribution < 1.29 is 8.78 Å². The minimum absolute atomic E-state index is 0.251. The van der Waals surface area contributed by atoms with Crippen molar-refractivity contribution in [2.24, 2.45) is 0 Å². The Labute approximate surface area is 113 Å². The number of benzene rings is 2. The molecule has 0 spiro atoms. The summed E-state index contributed by atoms with van der Waals surface area (Å²) < 4.78 is 27.8. The van der Waals surface area contributed by atoms with E-state index in [4.69, 9.17) is 0 Å². The Kier molecular flexibility index (Phi) is 3.97. The molecule has 1 nitrogen and oxygen atoms in total. The second-order valence-electron chi connectivity index (χ2n) is 4.02. The Morgan fingerprint density at radius 1 is 1.11 bits per heavy atom. The Morgan fingerprint density at radius 2 is 1.89 bits per heavy atom. The van der Waals surface area contributed by atoms with E-state index in [0.29, 0.717) is 15.7 Å². The van der Waals surface area contributed by atoms with Gasteiger partial charge in [-0.15, -0.1) is 0 Å². The zero-order valence-electron chi connectivity index (χ0n) is 9.81. The van der Waals surface area contributed by atoms with Gasteiger partial charge in [-0.2, -0.15) is 0 Å². The summed E-state index contributed by atoms with van der Waals surface area (Å²) in [5.41, 5.74) is 1.72. The molecule has 2 rings (SSSR count). The summed E-state index contributed by atoms with van der Waals surface area (Å²) in [7, 11) is 0. The minimum atomic E-state index is -0.326. The normalized spacial score (nSPS) is 10.4. The fourth-order valence-corrected chi connectivity index (χ4v) is 2.04. The molecule has 1 N–H and O–H groups in total. The van der Waals surface area contributed by atoms with E-state index >= 15 is 0 Å².